The van der Waals surface area contributed by atoms with Crippen molar-refractivity contribution in [3.8, 4) is 17.0 Å². The number of carbonyl (C=O) groups is 2. The number of ether oxygens (including phenoxy) is 2. The first-order valence-electron chi connectivity index (χ1n) is 15.1. The van der Waals surface area contributed by atoms with E-state index in [2.05, 4.69) is 20.0 Å². The lowest BCUT2D eigenvalue weighted by Crippen LogP contribution is -2.58. The number of hydrogen-bond acceptors (Lipinski definition) is 8. The third-order valence-electron chi connectivity index (χ3n) is 8.31. The van der Waals surface area contributed by atoms with Gasteiger partial charge in [0.05, 0.1) is 31.1 Å². The molecule has 6 rings (SSSR count). The SMILES string of the molecule is Cc1cc(Nc2nccn3c(-c4ccc(OC(F)F)cc4)cnc23)ccc1C(=O)N1CCN(C(=O)N2CCOC(C(C)N)C2)CC1. The van der Waals surface area contributed by atoms with Gasteiger partial charge in [-0.2, -0.15) is 8.78 Å². The Balaban J connectivity index is 1.09. The van der Waals surface area contributed by atoms with E-state index in [4.69, 9.17) is 10.5 Å². The second kappa shape index (κ2) is 13.3. The number of hydrogen-bond donors (Lipinski definition) is 2. The van der Waals surface area contributed by atoms with E-state index >= 15 is 0 Å². The van der Waals surface area contributed by atoms with Crippen LogP contribution in [-0.2, 0) is 4.74 Å². The van der Waals surface area contributed by atoms with Gasteiger partial charge in [0.25, 0.3) is 5.91 Å². The molecule has 3 amide bonds. The number of fused-ring (bicyclic) bond motifs is 1. The van der Waals surface area contributed by atoms with E-state index in [9.17, 15) is 18.4 Å². The third kappa shape index (κ3) is 6.58. The quantitative estimate of drug-likeness (QED) is 0.312. The van der Waals surface area contributed by atoms with Crippen molar-refractivity contribution >= 4 is 29.1 Å². The number of alkyl halides is 2. The number of anilines is 2. The number of carbonyl (C=O) groups excluding carboxylic acids is 2. The van der Waals surface area contributed by atoms with E-state index in [-0.39, 0.29) is 29.8 Å². The van der Waals surface area contributed by atoms with Gasteiger partial charge in [-0.25, -0.2) is 14.8 Å². The molecule has 2 aromatic carbocycles. The summed E-state index contributed by atoms with van der Waals surface area (Å²) in [6.45, 7) is 4.14. The molecule has 2 aromatic heterocycles. The topological polar surface area (TPSA) is 131 Å². The summed E-state index contributed by atoms with van der Waals surface area (Å²) in [7, 11) is 0. The number of amides is 3. The molecule has 2 aliphatic heterocycles. The number of nitrogens with one attached hydrogen (secondary N) is 1. The van der Waals surface area contributed by atoms with Crippen LogP contribution in [0.3, 0.4) is 0 Å². The van der Waals surface area contributed by atoms with Crippen LogP contribution in [0.25, 0.3) is 16.9 Å². The summed E-state index contributed by atoms with van der Waals surface area (Å²) >= 11 is 0. The van der Waals surface area contributed by atoms with E-state index in [1.54, 1.807) is 51.5 Å². The molecule has 14 heteroatoms. The van der Waals surface area contributed by atoms with Crippen molar-refractivity contribution in [2.45, 2.75) is 32.6 Å². The normalized spacial score (nSPS) is 17.8. The van der Waals surface area contributed by atoms with Gasteiger partial charge in [-0.3, -0.25) is 9.20 Å². The maximum Gasteiger partial charge on any atom is 0.387 e. The van der Waals surface area contributed by atoms with Crippen LogP contribution in [0.4, 0.5) is 25.1 Å². The molecule has 242 valence electrons. The molecule has 2 atom stereocenters. The largest absolute Gasteiger partial charge is 0.435 e. The number of nitrogens with two attached hydrogens (primary N) is 1. The molecular formula is C32H36F2N8O4. The summed E-state index contributed by atoms with van der Waals surface area (Å²) < 4.78 is 37.0. The molecule has 0 saturated carbocycles. The van der Waals surface area contributed by atoms with Crippen LogP contribution in [0, 0.1) is 6.92 Å². The first-order valence-corrected chi connectivity index (χ1v) is 15.1. The highest BCUT2D eigenvalue weighted by Crippen LogP contribution is 2.28. The number of urea groups is 1. The second-order valence-electron chi connectivity index (χ2n) is 11.4. The summed E-state index contributed by atoms with van der Waals surface area (Å²) in [5, 5.41) is 3.30. The molecule has 0 aliphatic carbocycles. The van der Waals surface area contributed by atoms with E-state index in [1.165, 1.54) is 12.1 Å². The number of aryl methyl sites for hydroxylation is 1. The fourth-order valence-electron chi connectivity index (χ4n) is 5.78. The molecule has 4 aromatic rings. The molecule has 2 fully saturated rings. The van der Waals surface area contributed by atoms with Crippen molar-refractivity contribution in [3.05, 3.63) is 72.2 Å². The van der Waals surface area contributed by atoms with Gasteiger partial charge in [-0.15, -0.1) is 0 Å². The van der Waals surface area contributed by atoms with Gasteiger partial charge >= 0.3 is 12.6 Å². The number of rotatable bonds is 7. The van der Waals surface area contributed by atoms with Crippen molar-refractivity contribution < 1.29 is 27.8 Å². The molecule has 0 radical (unpaired) electrons. The maximum absolute atomic E-state index is 13.5. The molecule has 0 bridgehead atoms. The smallest absolute Gasteiger partial charge is 0.387 e. The summed E-state index contributed by atoms with van der Waals surface area (Å²) in [4.78, 5) is 40.9. The van der Waals surface area contributed by atoms with E-state index in [1.807, 2.05) is 30.4 Å². The maximum atomic E-state index is 13.5. The second-order valence-corrected chi connectivity index (χ2v) is 11.4. The van der Waals surface area contributed by atoms with Crippen LogP contribution in [0.5, 0.6) is 5.75 Å². The minimum Gasteiger partial charge on any atom is -0.435 e. The predicted molar refractivity (Wildman–Crippen MR) is 167 cm³/mol. The standard InChI is InChI=1S/C32H36F2N8O4/c1-20-17-23(38-28-29-37-18-26(42(29)10-9-36-28)22-3-6-24(7-4-22)46-31(33)34)5-8-25(20)30(43)39-11-13-40(14-12-39)32(44)41-15-16-45-27(19-41)21(2)35/h3-10,17-18,21,27,31H,11-16,19,35H2,1-2H3,(H,36,38). The zero-order valence-corrected chi connectivity index (χ0v) is 25.6. The van der Waals surface area contributed by atoms with Gasteiger partial charge < -0.3 is 35.2 Å². The lowest BCUT2D eigenvalue weighted by atomic mass is 10.1. The van der Waals surface area contributed by atoms with Crippen molar-refractivity contribution in [1.82, 2.24) is 29.1 Å². The number of morpholine rings is 1. The van der Waals surface area contributed by atoms with Crippen LogP contribution in [0.1, 0.15) is 22.8 Å². The molecule has 4 heterocycles. The molecule has 2 aliphatic rings. The molecule has 46 heavy (non-hydrogen) atoms. The van der Waals surface area contributed by atoms with Crippen molar-refractivity contribution in [1.29, 1.82) is 0 Å². The molecule has 3 N–H and O–H groups in total. The van der Waals surface area contributed by atoms with Gasteiger partial charge in [0.15, 0.2) is 11.5 Å². The molecule has 2 unspecified atom stereocenters. The van der Waals surface area contributed by atoms with Gasteiger partial charge in [-0.05, 0) is 61.9 Å². The Morgan fingerprint density at radius 1 is 1.02 bits per heavy atom. The summed E-state index contributed by atoms with van der Waals surface area (Å²) in [6.07, 6.45) is 4.92. The number of nitrogens with zero attached hydrogens (tertiary/aromatic N) is 6. The first kappa shape index (κ1) is 31.2. The van der Waals surface area contributed by atoms with Gasteiger partial charge in [0.1, 0.15) is 5.75 Å². The number of imidazole rings is 1. The third-order valence-corrected chi connectivity index (χ3v) is 8.31. The van der Waals surface area contributed by atoms with Crippen LogP contribution >= 0.6 is 0 Å². The monoisotopic (exact) mass is 634 g/mol. The lowest BCUT2D eigenvalue weighted by Gasteiger charge is -2.40. The van der Waals surface area contributed by atoms with Gasteiger partial charge in [-0.1, -0.05) is 0 Å². The van der Waals surface area contributed by atoms with Crippen LogP contribution in [0.15, 0.2) is 61.1 Å². The van der Waals surface area contributed by atoms with E-state index in [0.717, 1.165) is 22.5 Å². The fraction of sp³-hybridized carbons (Fsp3) is 0.375. The fourth-order valence-corrected chi connectivity index (χ4v) is 5.78. The zero-order valence-electron chi connectivity index (χ0n) is 25.6. The molecule has 2 saturated heterocycles. The summed E-state index contributed by atoms with van der Waals surface area (Å²) in [5.74, 6) is 0.506. The number of aromatic nitrogens is 3. The van der Waals surface area contributed by atoms with E-state index in [0.29, 0.717) is 62.9 Å². The van der Waals surface area contributed by atoms with Gasteiger partial charge in [0.2, 0.25) is 0 Å². The van der Waals surface area contributed by atoms with Crippen molar-refractivity contribution in [2.75, 3.05) is 51.2 Å². The first-order chi connectivity index (χ1) is 22.2. The average molecular weight is 635 g/mol. The zero-order chi connectivity index (χ0) is 32.4. The predicted octanol–water partition coefficient (Wildman–Crippen LogP) is 3.98. The highest BCUT2D eigenvalue weighted by Gasteiger charge is 2.32. The Labute approximate surface area is 264 Å². The van der Waals surface area contributed by atoms with E-state index < -0.39 is 6.61 Å². The summed E-state index contributed by atoms with van der Waals surface area (Å²) in [5.41, 5.74) is 10.2. The minimum atomic E-state index is -2.89. The Morgan fingerprint density at radius 3 is 2.46 bits per heavy atom. The van der Waals surface area contributed by atoms with Crippen LogP contribution in [-0.4, -0.2) is 106 Å². The number of halogens is 2. The van der Waals surface area contributed by atoms with Crippen molar-refractivity contribution in [2.24, 2.45) is 5.73 Å². The lowest BCUT2D eigenvalue weighted by molar-refractivity contribution is -0.0498. The Hall–Kier alpha value is -4.82. The number of piperazine rings is 1. The minimum absolute atomic E-state index is 0.0433. The summed E-state index contributed by atoms with van der Waals surface area (Å²) in [6, 6.07) is 11.6. The highest BCUT2D eigenvalue weighted by atomic mass is 19.3. The Kier molecular flexibility index (Phi) is 8.99. The van der Waals surface area contributed by atoms with Gasteiger partial charge in [0, 0.05) is 68.0 Å². The van der Waals surface area contributed by atoms with Crippen LogP contribution in [0.2, 0.25) is 0 Å². The Bertz CT molecular complexity index is 1710. The highest BCUT2D eigenvalue weighted by molar-refractivity contribution is 5.96. The Morgan fingerprint density at radius 2 is 1.76 bits per heavy atom. The van der Waals surface area contributed by atoms with Crippen molar-refractivity contribution in [3.63, 3.8) is 0 Å². The van der Waals surface area contributed by atoms with Crippen LogP contribution < -0.4 is 15.8 Å². The average Bonchev–Trinajstić information content (AvgIpc) is 3.50. The molecular weight excluding hydrogens is 598 g/mol. The molecule has 0 spiro atoms. The number of benzene rings is 2. The molecule has 12 nitrogen and oxygen atoms in total.